The Morgan fingerprint density at radius 2 is 1.88 bits per heavy atom. The number of thioether (sulfide) groups is 1. The third-order valence-electron chi connectivity index (χ3n) is 4.97. The normalized spacial score (nSPS) is 19.1. The molecule has 32 heavy (non-hydrogen) atoms. The Morgan fingerprint density at radius 1 is 1.12 bits per heavy atom. The van der Waals surface area contributed by atoms with E-state index in [0.29, 0.717) is 35.2 Å². The van der Waals surface area contributed by atoms with Gasteiger partial charge in [-0.05, 0) is 43.1 Å². The van der Waals surface area contributed by atoms with Crippen molar-refractivity contribution in [2.75, 3.05) is 23.7 Å². The number of unbranched alkanes of at least 4 members (excludes halogenated alkanes) is 1. The first kappa shape index (κ1) is 24.4. The van der Waals surface area contributed by atoms with Gasteiger partial charge in [-0.1, -0.05) is 67.3 Å². The van der Waals surface area contributed by atoms with Crippen LogP contribution in [0, 0.1) is 0 Å². The summed E-state index contributed by atoms with van der Waals surface area (Å²) in [5, 5.41) is 0. The van der Waals surface area contributed by atoms with Crippen molar-refractivity contribution >= 4 is 55.6 Å². The van der Waals surface area contributed by atoms with Gasteiger partial charge in [0, 0.05) is 30.5 Å². The first-order valence-corrected chi connectivity index (χ1v) is 13.3. The van der Waals surface area contributed by atoms with E-state index in [4.69, 9.17) is 16.8 Å². The minimum Gasteiger partial charge on any atom is -0.347 e. The minimum atomic E-state index is -3.92. The fourth-order valence-corrected chi connectivity index (χ4v) is 5.28. The molecule has 3 rings (SSSR count). The zero-order chi connectivity index (χ0) is 23.1. The number of fused-ring (bicyclic) bond motifs is 1. The lowest BCUT2D eigenvalue weighted by Gasteiger charge is -2.27. The third-order valence-corrected chi connectivity index (χ3v) is 7.17. The Hall–Kier alpha value is -2.20. The van der Waals surface area contributed by atoms with Gasteiger partial charge in [-0.2, -0.15) is 8.42 Å². The molecule has 1 fully saturated rings. The molecule has 0 spiro atoms. The van der Waals surface area contributed by atoms with Gasteiger partial charge in [-0.15, -0.1) is 0 Å². The lowest BCUT2D eigenvalue weighted by molar-refractivity contribution is -0.122. The van der Waals surface area contributed by atoms with Gasteiger partial charge in [0.2, 0.25) is 0 Å². The highest BCUT2D eigenvalue weighted by atomic mass is 32.2. The molecular formula is C23H26N2O4S3. The molecule has 1 aromatic rings. The van der Waals surface area contributed by atoms with Crippen molar-refractivity contribution in [2.24, 2.45) is 0 Å². The molecule has 170 valence electrons. The van der Waals surface area contributed by atoms with E-state index in [-0.39, 0.29) is 11.7 Å². The summed E-state index contributed by atoms with van der Waals surface area (Å²) in [4.78, 5) is 16.8. The van der Waals surface area contributed by atoms with E-state index < -0.39 is 10.1 Å². The van der Waals surface area contributed by atoms with Crippen LogP contribution < -0.4 is 4.90 Å². The highest BCUT2D eigenvalue weighted by Crippen LogP contribution is 2.33. The lowest BCUT2D eigenvalue weighted by atomic mass is 9.99. The number of hydrogen-bond donors (Lipinski definition) is 1. The topological polar surface area (TPSA) is 77.9 Å². The van der Waals surface area contributed by atoms with Gasteiger partial charge in [0.05, 0.1) is 10.7 Å². The quantitative estimate of drug-likeness (QED) is 0.231. The molecule has 2 heterocycles. The summed E-state index contributed by atoms with van der Waals surface area (Å²) in [5.41, 5.74) is 3.16. The number of hydrogen-bond acceptors (Lipinski definition) is 6. The van der Waals surface area contributed by atoms with E-state index in [2.05, 4.69) is 4.90 Å². The summed E-state index contributed by atoms with van der Waals surface area (Å²) in [5.74, 6) is -0.258. The van der Waals surface area contributed by atoms with Gasteiger partial charge >= 0.3 is 0 Å². The van der Waals surface area contributed by atoms with Crippen molar-refractivity contribution in [3.8, 4) is 0 Å². The molecule has 1 N–H and O–H groups in total. The number of allylic oxidation sites excluding steroid dienone is 6. The van der Waals surface area contributed by atoms with Crippen molar-refractivity contribution in [3.05, 3.63) is 71.3 Å². The van der Waals surface area contributed by atoms with E-state index in [9.17, 15) is 13.2 Å². The van der Waals surface area contributed by atoms with Crippen molar-refractivity contribution in [1.82, 2.24) is 4.90 Å². The smallest absolute Gasteiger partial charge is 0.266 e. The maximum Gasteiger partial charge on any atom is 0.266 e. The average Bonchev–Trinajstić information content (AvgIpc) is 3.02. The van der Waals surface area contributed by atoms with Crippen molar-refractivity contribution in [3.63, 3.8) is 0 Å². The van der Waals surface area contributed by atoms with E-state index in [1.807, 2.05) is 61.7 Å². The third kappa shape index (κ3) is 6.41. The Morgan fingerprint density at radius 3 is 2.62 bits per heavy atom. The van der Waals surface area contributed by atoms with Crippen LogP contribution in [0.4, 0.5) is 5.69 Å². The molecular weight excluding hydrogens is 464 g/mol. The number of carbonyl (C=O) groups is 1. The number of para-hydroxylation sites is 1. The Balaban J connectivity index is 1.67. The van der Waals surface area contributed by atoms with Gasteiger partial charge in [0.25, 0.3) is 16.0 Å². The predicted molar refractivity (Wildman–Crippen MR) is 136 cm³/mol. The van der Waals surface area contributed by atoms with Crippen LogP contribution in [-0.2, 0) is 14.9 Å². The van der Waals surface area contributed by atoms with Crippen LogP contribution >= 0.6 is 24.0 Å². The molecule has 0 unspecified atom stereocenters. The van der Waals surface area contributed by atoms with E-state index in [0.717, 1.165) is 23.2 Å². The monoisotopic (exact) mass is 490 g/mol. The molecule has 9 heteroatoms. The number of amides is 1. The van der Waals surface area contributed by atoms with Gasteiger partial charge in [0.1, 0.15) is 4.32 Å². The standard InChI is InChI=1S/C23H26N2O4S3/c1-2-14-25-22(26)21(31-23(25)30)12-6-3-9-18-13-16-24(15-7-8-17-32(27,28)29)20-11-5-4-10-19(18)20/h3-6,9-13,16H,2,7-8,14-15,17H2,1H3,(H,27,28,29)/b6-3+,18-9+,21-12+. The summed E-state index contributed by atoms with van der Waals surface area (Å²) in [6.07, 6.45) is 13.5. The largest absolute Gasteiger partial charge is 0.347 e. The maximum absolute atomic E-state index is 12.4. The molecule has 2 aliphatic heterocycles. The molecule has 0 aliphatic carbocycles. The van der Waals surface area contributed by atoms with Crippen LogP contribution in [0.25, 0.3) is 5.57 Å². The Kier molecular flexibility index (Phi) is 8.47. The Bertz CT molecular complexity index is 1100. The molecule has 0 saturated carbocycles. The molecule has 0 radical (unpaired) electrons. The first-order valence-electron chi connectivity index (χ1n) is 10.4. The second-order valence-corrected chi connectivity index (χ2v) is 10.6. The Labute approximate surface area is 199 Å². The second kappa shape index (κ2) is 11.1. The first-order chi connectivity index (χ1) is 15.3. The van der Waals surface area contributed by atoms with Crippen LogP contribution in [-0.4, -0.2) is 46.9 Å². The van der Waals surface area contributed by atoms with Gasteiger partial charge in [-0.25, -0.2) is 0 Å². The number of thiocarbonyl (C=S) groups is 1. The number of nitrogens with zero attached hydrogens (tertiary/aromatic N) is 2. The van der Waals surface area contributed by atoms with Crippen molar-refractivity contribution in [2.45, 2.75) is 26.2 Å². The molecule has 1 amide bonds. The number of anilines is 1. The molecule has 0 atom stereocenters. The average molecular weight is 491 g/mol. The zero-order valence-corrected chi connectivity index (χ0v) is 20.3. The van der Waals surface area contributed by atoms with Gasteiger partial charge in [0.15, 0.2) is 0 Å². The summed E-state index contributed by atoms with van der Waals surface area (Å²) in [6, 6.07) is 8.01. The minimum absolute atomic E-state index is 0.0355. The molecule has 0 bridgehead atoms. The number of carbonyl (C=O) groups excluding carboxylic acids is 1. The van der Waals surface area contributed by atoms with Crippen LogP contribution in [0.3, 0.4) is 0 Å². The van der Waals surface area contributed by atoms with Crippen LogP contribution in [0.1, 0.15) is 31.7 Å². The zero-order valence-electron chi connectivity index (χ0n) is 17.8. The molecule has 6 nitrogen and oxygen atoms in total. The van der Waals surface area contributed by atoms with E-state index in [1.165, 1.54) is 11.8 Å². The molecule has 1 saturated heterocycles. The maximum atomic E-state index is 12.4. The SMILES string of the molecule is CCCN1C(=O)\C(=C/C=C/C=C2\C=CN(CCCCS(=O)(=O)O)c3ccccc32)SC1=S. The van der Waals surface area contributed by atoms with Gasteiger partial charge < -0.3 is 4.90 Å². The number of rotatable bonds is 9. The van der Waals surface area contributed by atoms with Gasteiger partial charge in [-0.3, -0.25) is 14.2 Å². The van der Waals surface area contributed by atoms with E-state index >= 15 is 0 Å². The van der Waals surface area contributed by atoms with Crippen LogP contribution in [0.5, 0.6) is 0 Å². The predicted octanol–water partition coefficient (Wildman–Crippen LogP) is 4.78. The van der Waals surface area contributed by atoms with E-state index in [1.54, 1.807) is 11.0 Å². The van der Waals surface area contributed by atoms with Crippen molar-refractivity contribution < 1.29 is 17.8 Å². The molecule has 0 aromatic heterocycles. The summed E-state index contributed by atoms with van der Waals surface area (Å²) in [6.45, 7) is 3.32. The van der Waals surface area contributed by atoms with Crippen LogP contribution in [0.15, 0.2) is 65.8 Å². The highest BCUT2D eigenvalue weighted by molar-refractivity contribution is 8.26. The fraction of sp³-hybridized carbons (Fsp3) is 0.304. The van der Waals surface area contributed by atoms with Crippen molar-refractivity contribution in [1.29, 1.82) is 0 Å². The summed E-state index contributed by atoms with van der Waals surface area (Å²) < 4.78 is 31.3. The second-order valence-electron chi connectivity index (χ2n) is 7.38. The lowest BCUT2D eigenvalue weighted by Crippen LogP contribution is -2.28. The molecule has 1 aromatic carbocycles. The fourth-order valence-electron chi connectivity index (χ4n) is 3.45. The number of benzene rings is 1. The van der Waals surface area contributed by atoms with Crippen LogP contribution in [0.2, 0.25) is 0 Å². The summed E-state index contributed by atoms with van der Waals surface area (Å²) >= 11 is 6.62. The molecule has 2 aliphatic rings. The highest BCUT2D eigenvalue weighted by Gasteiger charge is 2.30. The summed E-state index contributed by atoms with van der Waals surface area (Å²) in [7, 11) is -3.92.